The van der Waals surface area contributed by atoms with Gasteiger partial charge >= 0.3 is 0 Å². The molecule has 1 amide bonds. The molecule has 0 aliphatic carbocycles. The molecule has 7 heteroatoms. The molecule has 0 spiro atoms. The Morgan fingerprint density at radius 2 is 2.10 bits per heavy atom. The van der Waals surface area contributed by atoms with Crippen molar-refractivity contribution in [3.8, 4) is 0 Å². The molecule has 2 heterocycles. The van der Waals surface area contributed by atoms with Crippen LogP contribution in [0, 0.1) is 0 Å². The molecule has 7 nitrogen and oxygen atoms in total. The second kappa shape index (κ2) is 5.04. The van der Waals surface area contributed by atoms with Crippen LogP contribution in [0.3, 0.4) is 0 Å². The van der Waals surface area contributed by atoms with Gasteiger partial charge in [0.15, 0.2) is 0 Å². The molecule has 2 N–H and O–H groups in total. The normalized spacial score (nSPS) is 12.2. The number of nitrogens with one attached hydrogen (secondary N) is 2. The lowest BCUT2D eigenvalue weighted by Crippen LogP contribution is -2.27. The van der Waals surface area contributed by atoms with Crippen molar-refractivity contribution in [1.82, 2.24) is 30.5 Å². The van der Waals surface area contributed by atoms with Crippen molar-refractivity contribution in [3.05, 3.63) is 48.3 Å². The van der Waals surface area contributed by atoms with Gasteiger partial charge in [0.1, 0.15) is 17.7 Å². The Kier molecular flexibility index (Phi) is 3.08. The number of carbonyl (C=O) groups is 1. The van der Waals surface area contributed by atoms with Crippen LogP contribution in [-0.2, 0) is 0 Å². The highest BCUT2D eigenvalue weighted by molar-refractivity contribution is 6.04. The summed E-state index contributed by atoms with van der Waals surface area (Å²) in [5.41, 5.74) is 1.76. The van der Waals surface area contributed by atoms with E-state index >= 15 is 0 Å². The summed E-state index contributed by atoms with van der Waals surface area (Å²) in [4.78, 5) is 24.7. The highest BCUT2D eigenvalue weighted by atomic mass is 16.1. The molecule has 100 valence electrons. The van der Waals surface area contributed by atoms with E-state index in [0.29, 0.717) is 22.4 Å². The summed E-state index contributed by atoms with van der Waals surface area (Å²) >= 11 is 0. The number of para-hydroxylation sites is 1. The molecule has 0 fully saturated rings. The van der Waals surface area contributed by atoms with Crippen molar-refractivity contribution in [2.24, 2.45) is 0 Å². The van der Waals surface area contributed by atoms with Crippen molar-refractivity contribution < 1.29 is 4.79 Å². The molecule has 0 bridgehead atoms. The van der Waals surface area contributed by atoms with Crippen LogP contribution < -0.4 is 5.32 Å². The summed E-state index contributed by atoms with van der Waals surface area (Å²) in [6.45, 7) is 1.83. The maximum atomic E-state index is 12.3. The molecule has 2 aromatic heterocycles. The summed E-state index contributed by atoms with van der Waals surface area (Å²) in [6, 6.07) is 5.06. The van der Waals surface area contributed by atoms with Gasteiger partial charge in [0.05, 0.1) is 17.1 Å². The molecule has 0 radical (unpaired) electrons. The summed E-state index contributed by atoms with van der Waals surface area (Å²) in [5.74, 6) is 0.379. The van der Waals surface area contributed by atoms with Crippen molar-refractivity contribution >= 4 is 16.9 Å². The fraction of sp³-hybridized carbons (Fsp3) is 0.154. The number of benzene rings is 1. The first kappa shape index (κ1) is 12.2. The van der Waals surface area contributed by atoms with Gasteiger partial charge in [0.25, 0.3) is 5.91 Å². The second-order valence-electron chi connectivity index (χ2n) is 4.30. The van der Waals surface area contributed by atoms with E-state index in [1.807, 2.05) is 13.0 Å². The Hall–Kier alpha value is -2.83. The van der Waals surface area contributed by atoms with Crippen LogP contribution in [0.5, 0.6) is 0 Å². The summed E-state index contributed by atoms with van der Waals surface area (Å²) < 4.78 is 0. The predicted octanol–water partition coefficient (Wildman–Crippen LogP) is 1.24. The molecule has 20 heavy (non-hydrogen) atoms. The Balaban J connectivity index is 1.89. The van der Waals surface area contributed by atoms with Crippen LogP contribution in [0.2, 0.25) is 0 Å². The second-order valence-corrected chi connectivity index (χ2v) is 4.30. The Labute approximate surface area is 114 Å². The molecule has 1 unspecified atom stereocenters. The van der Waals surface area contributed by atoms with Gasteiger partial charge < -0.3 is 5.32 Å². The Morgan fingerprint density at radius 1 is 1.25 bits per heavy atom. The first-order valence-corrected chi connectivity index (χ1v) is 6.11. The van der Waals surface area contributed by atoms with E-state index in [0.717, 1.165) is 0 Å². The zero-order valence-corrected chi connectivity index (χ0v) is 10.7. The topological polar surface area (TPSA) is 96.5 Å². The van der Waals surface area contributed by atoms with Gasteiger partial charge in [-0.3, -0.25) is 19.9 Å². The minimum Gasteiger partial charge on any atom is -0.342 e. The van der Waals surface area contributed by atoms with E-state index in [1.165, 1.54) is 6.33 Å². The zero-order valence-electron chi connectivity index (χ0n) is 10.7. The zero-order chi connectivity index (χ0) is 13.9. The minimum absolute atomic E-state index is 0.222. The van der Waals surface area contributed by atoms with E-state index in [4.69, 9.17) is 0 Å². The van der Waals surface area contributed by atoms with E-state index in [1.54, 1.807) is 24.5 Å². The lowest BCUT2D eigenvalue weighted by Gasteiger charge is -2.11. The van der Waals surface area contributed by atoms with Gasteiger partial charge in [-0.05, 0) is 19.1 Å². The van der Waals surface area contributed by atoms with Crippen LogP contribution in [0.15, 0.2) is 36.9 Å². The number of aromatic amines is 1. The predicted molar refractivity (Wildman–Crippen MR) is 71.8 cm³/mol. The fourth-order valence-electron chi connectivity index (χ4n) is 1.94. The van der Waals surface area contributed by atoms with Crippen LogP contribution in [0.4, 0.5) is 0 Å². The number of fused-ring (bicyclic) bond motifs is 1. The lowest BCUT2D eigenvalue weighted by molar-refractivity contribution is 0.0940. The quantitative estimate of drug-likeness (QED) is 0.745. The number of H-pyrrole nitrogens is 1. The van der Waals surface area contributed by atoms with Crippen molar-refractivity contribution in [2.45, 2.75) is 13.0 Å². The van der Waals surface area contributed by atoms with Gasteiger partial charge in [-0.25, -0.2) is 4.98 Å². The highest BCUT2D eigenvalue weighted by Gasteiger charge is 2.16. The van der Waals surface area contributed by atoms with Gasteiger partial charge in [-0.15, -0.1) is 0 Å². The highest BCUT2D eigenvalue weighted by Crippen LogP contribution is 2.15. The summed E-state index contributed by atoms with van der Waals surface area (Å²) in [7, 11) is 0. The molecule has 0 aliphatic rings. The molecule has 1 aromatic carbocycles. The van der Waals surface area contributed by atoms with E-state index in [-0.39, 0.29) is 11.9 Å². The molecule has 0 aliphatic heterocycles. The van der Waals surface area contributed by atoms with Gasteiger partial charge in [0.2, 0.25) is 0 Å². The van der Waals surface area contributed by atoms with Crippen molar-refractivity contribution in [1.29, 1.82) is 0 Å². The first-order chi connectivity index (χ1) is 9.75. The minimum atomic E-state index is -0.267. The Bertz CT molecular complexity index is 734. The van der Waals surface area contributed by atoms with E-state index in [2.05, 4.69) is 30.5 Å². The average Bonchev–Trinajstić information content (AvgIpc) is 3.01. The number of carbonyl (C=O) groups excluding carboxylic acids is 1. The van der Waals surface area contributed by atoms with Gasteiger partial charge in [-0.2, -0.15) is 5.10 Å². The smallest absolute Gasteiger partial charge is 0.254 e. The number of aromatic nitrogens is 5. The average molecular weight is 268 g/mol. The van der Waals surface area contributed by atoms with Gasteiger partial charge in [-0.1, -0.05) is 6.07 Å². The molecular formula is C13H12N6O. The van der Waals surface area contributed by atoms with E-state index < -0.39 is 0 Å². The first-order valence-electron chi connectivity index (χ1n) is 6.11. The molecule has 3 aromatic rings. The summed E-state index contributed by atoms with van der Waals surface area (Å²) in [6.07, 6.45) is 4.57. The standard InChI is InChI=1S/C13H12N6O/c1-8(12-16-7-17-19-12)18-13(20)9-3-2-4-10-11(9)15-6-5-14-10/h2-8H,1H3,(H,18,20)(H,16,17,19). The maximum absolute atomic E-state index is 12.3. The third-order valence-corrected chi connectivity index (χ3v) is 2.93. The fourth-order valence-corrected chi connectivity index (χ4v) is 1.94. The SMILES string of the molecule is CC(NC(=O)c1cccc2nccnc12)c1ncn[nH]1. The lowest BCUT2D eigenvalue weighted by atomic mass is 10.1. The van der Waals surface area contributed by atoms with Crippen LogP contribution in [0.25, 0.3) is 11.0 Å². The monoisotopic (exact) mass is 268 g/mol. The molecule has 3 rings (SSSR count). The third kappa shape index (κ3) is 2.20. The number of hydrogen-bond donors (Lipinski definition) is 2. The maximum Gasteiger partial charge on any atom is 0.254 e. The number of rotatable bonds is 3. The molecule has 0 saturated heterocycles. The number of nitrogens with zero attached hydrogens (tertiary/aromatic N) is 4. The van der Waals surface area contributed by atoms with Gasteiger partial charge in [0, 0.05) is 12.4 Å². The summed E-state index contributed by atoms with van der Waals surface area (Å²) in [5, 5.41) is 9.34. The van der Waals surface area contributed by atoms with E-state index in [9.17, 15) is 4.79 Å². The molecule has 0 saturated carbocycles. The molecule has 1 atom stereocenters. The largest absolute Gasteiger partial charge is 0.342 e. The number of hydrogen-bond acceptors (Lipinski definition) is 5. The van der Waals surface area contributed by atoms with Crippen LogP contribution in [0.1, 0.15) is 29.1 Å². The van der Waals surface area contributed by atoms with Crippen molar-refractivity contribution in [3.63, 3.8) is 0 Å². The third-order valence-electron chi connectivity index (χ3n) is 2.93. The number of amides is 1. The van der Waals surface area contributed by atoms with Crippen LogP contribution >= 0.6 is 0 Å². The molecular weight excluding hydrogens is 256 g/mol. The van der Waals surface area contributed by atoms with Crippen molar-refractivity contribution in [2.75, 3.05) is 0 Å². The van der Waals surface area contributed by atoms with Crippen LogP contribution in [-0.4, -0.2) is 31.1 Å². The Morgan fingerprint density at radius 3 is 2.90 bits per heavy atom.